The van der Waals surface area contributed by atoms with Crippen LogP contribution in [0.4, 0.5) is 4.79 Å². The number of halogens is 2. The molecule has 0 unspecified atom stereocenters. The first-order valence-corrected chi connectivity index (χ1v) is 6.65. The lowest BCUT2D eigenvalue weighted by Gasteiger charge is -2.11. The minimum Gasteiger partial charge on any atom is -0.455 e. The molecule has 106 valence electrons. The standard InChI is InChI=1S/C11H14Cl2N2O4/c1-10(5-11(10,12)13)8(17)19-4-7(16)15-9(18)14-6-2-3-6/h6H,2-5H2,1H3,(H2,14,15,16,18)/t10-/m1/s1. The van der Waals surface area contributed by atoms with Crippen LogP contribution in [0.2, 0.25) is 0 Å². The second kappa shape index (κ2) is 4.83. The Balaban J connectivity index is 1.69. The van der Waals surface area contributed by atoms with Gasteiger partial charge in [-0.15, -0.1) is 23.2 Å². The SMILES string of the molecule is C[C@]1(C(=O)OCC(=O)NC(=O)NC2CC2)CC1(Cl)Cl. The maximum atomic E-state index is 11.6. The van der Waals surface area contributed by atoms with Crippen LogP contribution in [0, 0.1) is 5.41 Å². The third-order valence-corrected chi connectivity index (χ3v) is 4.31. The van der Waals surface area contributed by atoms with E-state index in [9.17, 15) is 14.4 Å². The number of hydrogen-bond donors (Lipinski definition) is 2. The highest BCUT2D eigenvalue weighted by atomic mass is 35.5. The van der Waals surface area contributed by atoms with Crippen LogP contribution < -0.4 is 10.6 Å². The van der Waals surface area contributed by atoms with Crippen LogP contribution in [0.3, 0.4) is 0 Å². The Morgan fingerprint density at radius 3 is 2.37 bits per heavy atom. The molecule has 0 aliphatic heterocycles. The maximum Gasteiger partial charge on any atom is 0.321 e. The Morgan fingerprint density at radius 2 is 1.89 bits per heavy atom. The molecule has 1 atom stereocenters. The fourth-order valence-corrected chi connectivity index (χ4v) is 2.21. The van der Waals surface area contributed by atoms with Gasteiger partial charge in [-0.1, -0.05) is 0 Å². The summed E-state index contributed by atoms with van der Waals surface area (Å²) in [5, 5.41) is 4.64. The van der Waals surface area contributed by atoms with Crippen molar-refractivity contribution in [2.75, 3.05) is 6.61 Å². The van der Waals surface area contributed by atoms with E-state index in [-0.39, 0.29) is 12.5 Å². The van der Waals surface area contributed by atoms with Crippen molar-refractivity contribution in [3.05, 3.63) is 0 Å². The molecule has 2 fully saturated rings. The van der Waals surface area contributed by atoms with Crippen molar-refractivity contribution in [2.45, 2.75) is 36.6 Å². The van der Waals surface area contributed by atoms with Crippen LogP contribution in [0.5, 0.6) is 0 Å². The maximum absolute atomic E-state index is 11.6. The van der Waals surface area contributed by atoms with Gasteiger partial charge in [-0.25, -0.2) is 4.79 Å². The van der Waals surface area contributed by atoms with Gasteiger partial charge in [-0.2, -0.15) is 0 Å². The smallest absolute Gasteiger partial charge is 0.321 e. The van der Waals surface area contributed by atoms with Gasteiger partial charge >= 0.3 is 12.0 Å². The average molecular weight is 309 g/mol. The van der Waals surface area contributed by atoms with E-state index in [1.54, 1.807) is 6.92 Å². The molecule has 19 heavy (non-hydrogen) atoms. The fourth-order valence-electron chi connectivity index (χ4n) is 1.52. The Labute approximate surface area is 120 Å². The zero-order valence-corrected chi connectivity index (χ0v) is 11.8. The molecule has 2 rings (SSSR count). The molecule has 0 radical (unpaired) electrons. The highest BCUT2D eigenvalue weighted by Gasteiger charge is 2.69. The van der Waals surface area contributed by atoms with Crippen LogP contribution in [-0.4, -0.2) is 34.9 Å². The Bertz CT molecular complexity index is 436. The Morgan fingerprint density at radius 1 is 1.32 bits per heavy atom. The van der Waals surface area contributed by atoms with E-state index in [1.807, 2.05) is 0 Å². The summed E-state index contributed by atoms with van der Waals surface area (Å²) in [5.74, 6) is -1.33. The molecule has 0 spiro atoms. The van der Waals surface area contributed by atoms with Crippen LogP contribution in [0.15, 0.2) is 0 Å². The van der Waals surface area contributed by atoms with Gasteiger partial charge in [0.05, 0.1) is 0 Å². The lowest BCUT2D eigenvalue weighted by atomic mass is 10.1. The summed E-state index contributed by atoms with van der Waals surface area (Å²) in [6, 6.07) is -0.431. The molecule has 2 aliphatic rings. The fraction of sp³-hybridized carbons (Fsp3) is 0.727. The average Bonchev–Trinajstić information content (AvgIpc) is 3.16. The second-order valence-electron chi connectivity index (χ2n) is 5.09. The number of ether oxygens (including phenoxy) is 1. The minimum atomic E-state index is -1.14. The first-order chi connectivity index (χ1) is 8.74. The third-order valence-electron chi connectivity index (χ3n) is 3.21. The van der Waals surface area contributed by atoms with E-state index in [4.69, 9.17) is 27.9 Å². The highest BCUT2D eigenvalue weighted by molar-refractivity contribution is 6.53. The Kier molecular flexibility index (Phi) is 3.66. The molecular formula is C11H14Cl2N2O4. The number of carbonyl (C=O) groups excluding carboxylic acids is 3. The Hall–Kier alpha value is -1.01. The zero-order chi connectivity index (χ0) is 14.3. The lowest BCUT2D eigenvalue weighted by molar-refractivity contribution is -0.153. The number of esters is 1. The van der Waals surface area contributed by atoms with Crippen molar-refractivity contribution < 1.29 is 19.1 Å². The van der Waals surface area contributed by atoms with E-state index in [0.717, 1.165) is 12.8 Å². The summed E-state index contributed by atoms with van der Waals surface area (Å²) in [6.07, 6.45) is 2.12. The third kappa shape index (κ3) is 3.30. The van der Waals surface area contributed by atoms with Gasteiger partial charge in [-0.05, 0) is 19.8 Å². The molecule has 0 aromatic heterocycles. The van der Waals surface area contributed by atoms with E-state index < -0.39 is 34.3 Å². The second-order valence-corrected chi connectivity index (χ2v) is 6.57. The van der Waals surface area contributed by atoms with Gasteiger partial charge in [0.2, 0.25) is 0 Å². The van der Waals surface area contributed by atoms with E-state index in [0.29, 0.717) is 0 Å². The van der Waals surface area contributed by atoms with Crippen molar-refractivity contribution in [2.24, 2.45) is 5.41 Å². The quantitative estimate of drug-likeness (QED) is 0.601. The van der Waals surface area contributed by atoms with Crippen LogP contribution in [0.25, 0.3) is 0 Å². The first-order valence-electron chi connectivity index (χ1n) is 5.90. The van der Waals surface area contributed by atoms with Gasteiger partial charge in [0.25, 0.3) is 5.91 Å². The molecule has 6 nitrogen and oxygen atoms in total. The summed E-state index contributed by atoms with van der Waals surface area (Å²) in [6.45, 7) is 1.03. The van der Waals surface area contributed by atoms with Gasteiger partial charge < -0.3 is 10.1 Å². The predicted octanol–water partition coefficient (Wildman–Crippen LogP) is 1.10. The number of urea groups is 1. The van der Waals surface area contributed by atoms with Gasteiger partial charge in [-0.3, -0.25) is 14.9 Å². The summed E-state index contributed by atoms with van der Waals surface area (Å²) >= 11 is 11.6. The van der Waals surface area contributed by atoms with Gasteiger partial charge in [0.15, 0.2) is 6.61 Å². The lowest BCUT2D eigenvalue weighted by Crippen LogP contribution is -2.42. The molecule has 2 aliphatic carbocycles. The molecule has 0 aromatic rings. The molecular weight excluding hydrogens is 295 g/mol. The summed E-state index contributed by atoms with van der Waals surface area (Å²) in [4.78, 5) is 34.2. The molecule has 2 N–H and O–H groups in total. The summed E-state index contributed by atoms with van der Waals surface area (Å²) < 4.78 is 3.65. The van der Waals surface area contributed by atoms with Crippen molar-refractivity contribution in [1.82, 2.24) is 10.6 Å². The molecule has 0 heterocycles. The number of nitrogens with one attached hydrogen (secondary N) is 2. The van der Waals surface area contributed by atoms with E-state index in [2.05, 4.69) is 10.6 Å². The normalized spacial score (nSPS) is 27.3. The minimum absolute atomic E-state index is 0.147. The topological polar surface area (TPSA) is 84.5 Å². The number of rotatable bonds is 4. The predicted molar refractivity (Wildman–Crippen MR) is 67.8 cm³/mol. The van der Waals surface area contributed by atoms with Crippen molar-refractivity contribution in [3.63, 3.8) is 0 Å². The van der Waals surface area contributed by atoms with Crippen LogP contribution >= 0.6 is 23.2 Å². The molecule has 0 aromatic carbocycles. The van der Waals surface area contributed by atoms with Gasteiger partial charge in [0, 0.05) is 12.5 Å². The van der Waals surface area contributed by atoms with Crippen LogP contribution in [0.1, 0.15) is 26.2 Å². The van der Waals surface area contributed by atoms with E-state index in [1.165, 1.54) is 0 Å². The molecule has 0 bridgehead atoms. The van der Waals surface area contributed by atoms with Crippen molar-refractivity contribution >= 4 is 41.1 Å². The first kappa shape index (κ1) is 14.4. The number of hydrogen-bond acceptors (Lipinski definition) is 4. The van der Waals surface area contributed by atoms with Crippen LogP contribution in [-0.2, 0) is 14.3 Å². The molecule has 0 saturated heterocycles. The summed E-state index contributed by atoms with van der Waals surface area (Å²) in [7, 11) is 0. The number of amides is 3. The van der Waals surface area contributed by atoms with Crippen molar-refractivity contribution in [3.8, 4) is 0 Å². The largest absolute Gasteiger partial charge is 0.455 e. The van der Waals surface area contributed by atoms with E-state index >= 15 is 0 Å². The molecule has 3 amide bonds. The number of alkyl halides is 2. The zero-order valence-electron chi connectivity index (χ0n) is 10.3. The monoisotopic (exact) mass is 308 g/mol. The summed E-state index contributed by atoms with van der Waals surface area (Å²) in [5.41, 5.74) is -0.980. The van der Waals surface area contributed by atoms with Gasteiger partial charge in [0.1, 0.15) is 9.75 Å². The number of carbonyl (C=O) groups is 3. The number of imide groups is 1. The molecule has 8 heteroatoms. The highest BCUT2D eigenvalue weighted by Crippen LogP contribution is 2.64. The molecule has 2 saturated carbocycles. The van der Waals surface area contributed by atoms with Crippen molar-refractivity contribution in [1.29, 1.82) is 0 Å².